The van der Waals surface area contributed by atoms with Crippen LogP contribution in [0.25, 0.3) is 0 Å². The summed E-state index contributed by atoms with van der Waals surface area (Å²) in [5, 5.41) is 21.0. The van der Waals surface area contributed by atoms with Gasteiger partial charge in [-0.05, 0) is 44.4 Å². The first-order valence-corrected chi connectivity index (χ1v) is 9.23. The van der Waals surface area contributed by atoms with Crippen molar-refractivity contribution in [3.05, 3.63) is 56.0 Å². The highest BCUT2D eigenvalue weighted by atomic mass is 35.5. The second-order valence-corrected chi connectivity index (χ2v) is 6.66. The van der Waals surface area contributed by atoms with Crippen molar-refractivity contribution in [2.75, 3.05) is 27.8 Å². The molecule has 0 unspecified atom stereocenters. The van der Waals surface area contributed by atoms with Gasteiger partial charge in [-0.15, -0.1) is 0 Å². The number of ether oxygens (including phenoxy) is 2. The van der Waals surface area contributed by atoms with Crippen LogP contribution in [0.5, 0.6) is 11.5 Å². The average Bonchev–Trinajstić information content (AvgIpc) is 2.63. The molecule has 0 amide bonds. The number of hydrogen-bond donors (Lipinski definition) is 3. The standard InChI is InChI=1S/2C8H6Cl2O3.C2H7N/c1-13-7-5(10)3-2-4(9)6(7)8(11)12;9-5-1-2-7(6(10)3-5)13-4-8(11)12;1-3-2/h2-3H,1H3,(H,11,12);1-3H,4H2,(H,11,12);3H,1-2H3. The average molecular weight is 487 g/mol. The molecule has 0 aliphatic carbocycles. The molecule has 2 rings (SSSR count). The monoisotopic (exact) mass is 485 g/mol. The maximum absolute atomic E-state index is 10.7. The minimum Gasteiger partial charge on any atom is -0.494 e. The molecule has 0 aliphatic heterocycles. The van der Waals surface area contributed by atoms with Crippen LogP contribution in [0.4, 0.5) is 0 Å². The third kappa shape index (κ3) is 9.92. The fourth-order valence-corrected chi connectivity index (χ4v) is 2.59. The molecule has 0 spiro atoms. The van der Waals surface area contributed by atoms with Gasteiger partial charge in [0.1, 0.15) is 11.3 Å². The van der Waals surface area contributed by atoms with Crippen LogP contribution in [0.1, 0.15) is 10.4 Å². The van der Waals surface area contributed by atoms with E-state index in [1.165, 1.54) is 31.4 Å². The first-order valence-electron chi connectivity index (χ1n) is 7.72. The van der Waals surface area contributed by atoms with Gasteiger partial charge in [0.25, 0.3) is 0 Å². The van der Waals surface area contributed by atoms with E-state index in [1.807, 2.05) is 14.1 Å². The van der Waals surface area contributed by atoms with E-state index in [2.05, 4.69) is 5.32 Å². The number of rotatable bonds is 5. The van der Waals surface area contributed by atoms with Gasteiger partial charge in [0.2, 0.25) is 0 Å². The van der Waals surface area contributed by atoms with Crippen LogP contribution < -0.4 is 14.8 Å². The summed E-state index contributed by atoms with van der Waals surface area (Å²) in [5.74, 6) is -1.81. The molecular formula is C18H19Cl4NO6. The van der Waals surface area contributed by atoms with E-state index < -0.39 is 18.5 Å². The number of carbonyl (C=O) groups is 2. The van der Waals surface area contributed by atoms with Crippen molar-refractivity contribution in [2.45, 2.75) is 0 Å². The van der Waals surface area contributed by atoms with Gasteiger partial charge in [0, 0.05) is 5.02 Å². The van der Waals surface area contributed by atoms with Crippen LogP contribution in [0, 0.1) is 0 Å². The Labute approximate surface area is 188 Å². The van der Waals surface area contributed by atoms with Crippen molar-refractivity contribution in [3.8, 4) is 11.5 Å². The highest BCUT2D eigenvalue weighted by Crippen LogP contribution is 2.33. The Hall–Kier alpha value is -1.90. The summed E-state index contributed by atoms with van der Waals surface area (Å²) in [4.78, 5) is 20.9. The number of carboxylic acids is 2. The highest BCUT2D eigenvalue weighted by Gasteiger charge is 2.18. The molecule has 2 aromatic carbocycles. The van der Waals surface area contributed by atoms with Crippen molar-refractivity contribution in [1.29, 1.82) is 0 Å². The molecule has 160 valence electrons. The van der Waals surface area contributed by atoms with Crippen molar-refractivity contribution in [3.63, 3.8) is 0 Å². The second kappa shape index (κ2) is 14.1. The molecule has 29 heavy (non-hydrogen) atoms. The number of aromatic carboxylic acids is 1. The number of nitrogens with one attached hydrogen (secondary N) is 1. The van der Waals surface area contributed by atoms with Crippen LogP contribution in [-0.4, -0.2) is 50.0 Å². The van der Waals surface area contributed by atoms with Gasteiger partial charge in [-0.2, -0.15) is 0 Å². The highest BCUT2D eigenvalue weighted by molar-refractivity contribution is 6.37. The van der Waals surface area contributed by atoms with E-state index >= 15 is 0 Å². The lowest BCUT2D eigenvalue weighted by Gasteiger charge is -2.07. The van der Waals surface area contributed by atoms with E-state index in [0.29, 0.717) is 15.8 Å². The lowest BCUT2D eigenvalue weighted by atomic mass is 10.2. The zero-order valence-corrected chi connectivity index (χ0v) is 18.7. The Balaban J connectivity index is 0.000000477. The Morgan fingerprint density at radius 2 is 1.52 bits per heavy atom. The van der Waals surface area contributed by atoms with Crippen molar-refractivity contribution in [2.24, 2.45) is 0 Å². The quantitative estimate of drug-likeness (QED) is 0.546. The normalized spacial score (nSPS) is 9.34. The lowest BCUT2D eigenvalue weighted by Crippen LogP contribution is -2.09. The summed E-state index contributed by atoms with van der Waals surface area (Å²) in [6, 6.07) is 7.48. The van der Waals surface area contributed by atoms with Gasteiger partial charge >= 0.3 is 11.9 Å². The summed E-state index contributed by atoms with van der Waals surface area (Å²) >= 11 is 22.7. The van der Waals surface area contributed by atoms with Crippen molar-refractivity contribution in [1.82, 2.24) is 5.32 Å². The Bertz CT molecular complexity index is 832. The molecule has 0 aromatic heterocycles. The summed E-state index contributed by atoms with van der Waals surface area (Å²) in [5.41, 5.74) is -0.114. The molecular weight excluding hydrogens is 468 g/mol. The van der Waals surface area contributed by atoms with Crippen LogP contribution in [-0.2, 0) is 4.79 Å². The van der Waals surface area contributed by atoms with Gasteiger partial charge in [-0.1, -0.05) is 46.4 Å². The summed E-state index contributed by atoms with van der Waals surface area (Å²) in [7, 11) is 5.09. The predicted octanol–water partition coefficient (Wildman–Crippen LogP) is 4.99. The van der Waals surface area contributed by atoms with Crippen molar-refractivity contribution >= 4 is 58.3 Å². The van der Waals surface area contributed by atoms with Crippen LogP contribution in [0.15, 0.2) is 30.3 Å². The van der Waals surface area contributed by atoms with Crippen molar-refractivity contribution < 1.29 is 29.3 Å². The Morgan fingerprint density at radius 1 is 0.966 bits per heavy atom. The summed E-state index contributed by atoms with van der Waals surface area (Å²) < 4.78 is 9.68. The zero-order valence-electron chi connectivity index (χ0n) is 15.6. The molecule has 0 atom stereocenters. The first kappa shape index (κ1) is 27.1. The van der Waals surface area contributed by atoms with E-state index in [9.17, 15) is 9.59 Å². The predicted molar refractivity (Wildman–Crippen MR) is 115 cm³/mol. The number of halogens is 4. The largest absolute Gasteiger partial charge is 0.494 e. The maximum atomic E-state index is 10.7. The summed E-state index contributed by atoms with van der Waals surface area (Å²) in [6.45, 7) is -0.415. The number of hydrogen-bond acceptors (Lipinski definition) is 5. The smallest absolute Gasteiger partial charge is 0.341 e. The number of aliphatic carboxylic acids is 1. The van der Waals surface area contributed by atoms with Crippen LogP contribution in [0.2, 0.25) is 20.1 Å². The van der Waals surface area contributed by atoms with Crippen LogP contribution in [0.3, 0.4) is 0 Å². The molecule has 11 heteroatoms. The van der Waals surface area contributed by atoms with Gasteiger partial charge in [0.15, 0.2) is 12.4 Å². The minimum atomic E-state index is -1.16. The lowest BCUT2D eigenvalue weighted by molar-refractivity contribution is -0.139. The molecule has 0 radical (unpaired) electrons. The first-order chi connectivity index (χ1) is 13.6. The Morgan fingerprint density at radius 3 is 1.93 bits per heavy atom. The zero-order chi connectivity index (χ0) is 22.6. The third-order valence-electron chi connectivity index (χ3n) is 2.72. The van der Waals surface area contributed by atoms with E-state index in [0.717, 1.165) is 0 Å². The number of carboxylic acid groups (broad SMARTS) is 2. The summed E-state index contributed by atoms with van der Waals surface area (Å²) in [6.07, 6.45) is 0. The fraction of sp³-hybridized carbons (Fsp3) is 0.222. The molecule has 7 nitrogen and oxygen atoms in total. The SMILES string of the molecule is CNC.COc1c(Cl)ccc(Cl)c1C(=O)O.O=C(O)COc1ccc(Cl)cc1Cl. The van der Waals surface area contributed by atoms with Crippen LogP contribution >= 0.6 is 46.4 Å². The number of benzene rings is 2. The topological polar surface area (TPSA) is 105 Å². The number of methoxy groups -OCH3 is 1. The second-order valence-electron chi connectivity index (χ2n) is 5.00. The van der Waals surface area contributed by atoms with E-state index in [-0.39, 0.29) is 21.4 Å². The molecule has 0 saturated carbocycles. The molecule has 0 heterocycles. The molecule has 2 aromatic rings. The molecule has 0 saturated heterocycles. The van der Waals surface area contributed by atoms with Gasteiger partial charge in [-0.3, -0.25) is 0 Å². The maximum Gasteiger partial charge on any atom is 0.341 e. The Kier molecular flexibility index (Phi) is 13.2. The van der Waals surface area contributed by atoms with Gasteiger partial charge in [-0.25, -0.2) is 9.59 Å². The van der Waals surface area contributed by atoms with Gasteiger partial charge < -0.3 is 25.0 Å². The molecule has 0 fully saturated rings. The van der Waals surface area contributed by atoms with Gasteiger partial charge in [0.05, 0.1) is 22.2 Å². The van der Waals surface area contributed by atoms with E-state index in [1.54, 1.807) is 6.07 Å². The molecule has 0 aliphatic rings. The third-order valence-corrected chi connectivity index (χ3v) is 3.86. The molecule has 3 N–H and O–H groups in total. The fourth-order valence-electron chi connectivity index (χ4n) is 1.66. The molecule has 0 bridgehead atoms. The minimum absolute atomic E-state index is 0.0849. The van der Waals surface area contributed by atoms with E-state index in [4.69, 9.17) is 66.1 Å².